The quantitative estimate of drug-likeness (QED) is 0.770. The predicted molar refractivity (Wildman–Crippen MR) is 96.6 cm³/mol. The third-order valence-corrected chi connectivity index (χ3v) is 4.50. The van der Waals surface area contributed by atoms with E-state index in [1.165, 1.54) is 11.9 Å². The van der Waals surface area contributed by atoms with Crippen molar-refractivity contribution in [1.29, 1.82) is 0 Å². The smallest absolute Gasteiger partial charge is 0.254 e. The molecule has 1 unspecified atom stereocenters. The number of halogens is 1. The molecule has 24 heavy (non-hydrogen) atoms. The van der Waals surface area contributed by atoms with E-state index in [0.29, 0.717) is 5.78 Å². The summed E-state index contributed by atoms with van der Waals surface area (Å²) in [5.41, 5.74) is 3.22. The molecule has 7 heteroatoms. The average molecular weight is 345 g/mol. The molecule has 0 saturated carbocycles. The van der Waals surface area contributed by atoms with Gasteiger partial charge in [0.15, 0.2) is 0 Å². The molecule has 126 valence electrons. The van der Waals surface area contributed by atoms with E-state index in [9.17, 15) is 0 Å². The lowest BCUT2D eigenvalue weighted by atomic mass is 10.1. The van der Waals surface area contributed by atoms with Crippen LogP contribution in [0.3, 0.4) is 0 Å². The van der Waals surface area contributed by atoms with E-state index in [4.69, 9.17) is 11.6 Å². The van der Waals surface area contributed by atoms with Gasteiger partial charge in [-0.3, -0.25) is 0 Å². The van der Waals surface area contributed by atoms with Crippen LogP contribution in [-0.2, 0) is 0 Å². The SMILES string of the molecule is Cc1nc2ncnn2c(NCC(c2ccc(Cl)cc2)N(C)C)c1C. The summed E-state index contributed by atoms with van der Waals surface area (Å²) in [5.74, 6) is 1.53. The van der Waals surface area contributed by atoms with Gasteiger partial charge in [0, 0.05) is 22.8 Å². The molecule has 1 aromatic carbocycles. The molecule has 0 spiro atoms. The number of likely N-dealkylation sites (N-methyl/N-ethyl adjacent to an activating group) is 1. The van der Waals surface area contributed by atoms with Crippen molar-refractivity contribution in [1.82, 2.24) is 24.5 Å². The van der Waals surface area contributed by atoms with Gasteiger partial charge in [-0.1, -0.05) is 23.7 Å². The lowest BCUT2D eigenvalue weighted by Gasteiger charge is -2.26. The highest BCUT2D eigenvalue weighted by Gasteiger charge is 2.17. The van der Waals surface area contributed by atoms with Crippen LogP contribution in [0.25, 0.3) is 5.78 Å². The second-order valence-electron chi connectivity index (χ2n) is 6.05. The second-order valence-corrected chi connectivity index (χ2v) is 6.49. The van der Waals surface area contributed by atoms with Gasteiger partial charge in [0.1, 0.15) is 12.1 Å². The summed E-state index contributed by atoms with van der Waals surface area (Å²) in [7, 11) is 4.13. The fourth-order valence-electron chi connectivity index (χ4n) is 2.72. The van der Waals surface area contributed by atoms with Crippen LogP contribution in [0.2, 0.25) is 5.02 Å². The van der Waals surface area contributed by atoms with Gasteiger partial charge in [-0.15, -0.1) is 0 Å². The zero-order valence-electron chi connectivity index (χ0n) is 14.3. The van der Waals surface area contributed by atoms with E-state index in [0.717, 1.165) is 28.6 Å². The summed E-state index contributed by atoms with van der Waals surface area (Å²) in [6, 6.07) is 8.17. The summed E-state index contributed by atoms with van der Waals surface area (Å²) in [5, 5.41) is 8.55. The maximum Gasteiger partial charge on any atom is 0.254 e. The van der Waals surface area contributed by atoms with E-state index in [-0.39, 0.29) is 6.04 Å². The number of hydrogen-bond acceptors (Lipinski definition) is 5. The van der Waals surface area contributed by atoms with Gasteiger partial charge in [0.2, 0.25) is 0 Å². The van der Waals surface area contributed by atoms with Crippen molar-refractivity contribution in [3.63, 3.8) is 0 Å². The Morgan fingerprint density at radius 3 is 2.58 bits per heavy atom. The molecule has 0 bridgehead atoms. The molecule has 0 aliphatic heterocycles. The number of hydrogen-bond donors (Lipinski definition) is 1. The van der Waals surface area contributed by atoms with Gasteiger partial charge >= 0.3 is 0 Å². The zero-order chi connectivity index (χ0) is 17.3. The average Bonchev–Trinajstić information content (AvgIpc) is 3.00. The van der Waals surface area contributed by atoms with Crippen LogP contribution in [0, 0.1) is 13.8 Å². The largest absolute Gasteiger partial charge is 0.368 e. The van der Waals surface area contributed by atoms with Crippen LogP contribution in [0.5, 0.6) is 0 Å². The summed E-state index contributed by atoms with van der Waals surface area (Å²) < 4.78 is 1.75. The molecule has 6 nitrogen and oxygen atoms in total. The molecule has 0 aliphatic carbocycles. The van der Waals surface area contributed by atoms with Gasteiger partial charge in [-0.25, -0.2) is 4.98 Å². The molecular weight excluding hydrogens is 324 g/mol. The van der Waals surface area contributed by atoms with E-state index in [1.54, 1.807) is 4.52 Å². The normalized spacial score (nSPS) is 12.8. The van der Waals surface area contributed by atoms with Crippen LogP contribution in [0.4, 0.5) is 5.82 Å². The summed E-state index contributed by atoms with van der Waals surface area (Å²) in [6.07, 6.45) is 1.52. The minimum absolute atomic E-state index is 0.203. The molecule has 3 aromatic rings. The van der Waals surface area contributed by atoms with Crippen LogP contribution >= 0.6 is 11.6 Å². The van der Waals surface area contributed by atoms with Gasteiger partial charge in [0.05, 0.1) is 6.04 Å². The highest BCUT2D eigenvalue weighted by molar-refractivity contribution is 6.30. The molecule has 0 fully saturated rings. The first-order valence-corrected chi connectivity index (χ1v) is 8.18. The number of rotatable bonds is 5. The van der Waals surface area contributed by atoms with Crippen LogP contribution < -0.4 is 5.32 Å². The first-order chi connectivity index (χ1) is 11.5. The van der Waals surface area contributed by atoms with Gasteiger partial charge in [-0.05, 0) is 45.6 Å². The maximum atomic E-state index is 6.01. The molecule has 2 heterocycles. The zero-order valence-corrected chi connectivity index (χ0v) is 15.0. The monoisotopic (exact) mass is 344 g/mol. The Kier molecular flexibility index (Phi) is 4.69. The Morgan fingerprint density at radius 1 is 1.21 bits per heavy atom. The summed E-state index contributed by atoms with van der Waals surface area (Å²) >= 11 is 6.01. The number of benzene rings is 1. The van der Waals surface area contributed by atoms with Crippen LogP contribution in [0.1, 0.15) is 22.9 Å². The van der Waals surface area contributed by atoms with Gasteiger partial charge < -0.3 is 10.2 Å². The third kappa shape index (κ3) is 3.20. The Balaban J connectivity index is 1.89. The first-order valence-electron chi connectivity index (χ1n) is 7.80. The van der Waals surface area contributed by atoms with Gasteiger partial charge in [0.25, 0.3) is 5.78 Å². The Labute approximate surface area is 146 Å². The number of nitrogens with zero attached hydrogens (tertiary/aromatic N) is 5. The molecule has 3 rings (SSSR count). The number of fused-ring (bicyclic) bond motifs is 1. The molecule has 0 amide bonds. The van der Waals surface area contributed by atoms with E-state index >= 15 is 0 Å². The number of nitrogens with one attached hydrogen (secondary N) is 1. The molecule has 0 saturated heterocycles. The minimum Gasteiger partial charge on any atom is -0.368 e. The van der Waals surface area contributed by atoms with E-state index in [1.807, 2.05) is 26.0 Å². The number of aryl methyl sites for hydroxylation is 1. The summed E-state index contributed by atoms with van der Waals surface area (Å²) in [6.45, 7) is 4.75. The van der Waals surface area contributed by atoms with Crippen molar-refractivity contribution >= 4 is 23.2 Å². The highest BCUT2D eigenvalue weighted by atomic mass is 35.5. The molecule has 0 aliphatic rings. The van der Waals surface area contributed by atoms with Crippen molar-refractivity contribution in [2.24, 2.45) is 0 Å². The van der Waals surface area contributed by atoms with E-state index in [2.05, 4.69) is 51.5 Å². The first kappa shape index (κ1) is 16.7. The molecule has 2 aromatic heterocycles. The van der Waals surface area contributed by atoms with Crippen molar-refractivity contribution in [3.8, 4) is 0 Å². The fraction of sp³-hybridized carbons (Fsp3) is 0.353. The summed E-state index contributed by atoms with van der Waals surface area (Å²) in [4.78, 5) is 10.8. The van der Waals surface area contributed by atoms with Crippen molar-refractivity contribution in [2.75, 3.05) is 26.0 Å². The molecule has 0 radical (unpaired) electrons. The van der Waals surface area contributed by atoms with Crippen LogP contribution in [0.15, 0.2) is 30.6 Å². The molecule has 1 atom stereocenters. The number of aromatic nitrogens is 4. The van der Waals surface area contributed by atoms with Crippen molar-refractivity contribution in [3.05, 3.63) is 52.4 Å². The molecule has 1 N–H and O–H groups in total. The third-order valence-electron chi connectivity index (χ3n) is 4.25. The van der Waals surface area contributed by atoms with Crippen molar-refractivity contribution in [2.45, 2.75) is 19.9 Å². The maximum absolute atomic E-state index is 6.01. The van der Waals surface area contributed by atoms with Crippen molar-refractivity contribution < 1.29 is 0 Å². The number of anilines is 1. The second kappa shape index (κ2) is 6.75. The standard InChI is InChI=1S/C17H21ClN6/c1-11-12(2)22-17-20-10-21-24(17)16(11)19-9-15(23(3)4)13-5-7-14(18)8-6-13/h5-8,10,15,19H,9H2,1-4H3. The topological polar surface area (TPSA) is 58.4 Å². The lowest BCUT2D eigenvalue weighted by Crippen LogP contribution is -2.27. The van der Waals surface area contributed by atoms with E-state index < -0.39 is 0 Å². The predicted octanol–water partition coefficient (Wildman–Crippen LogP) is 3.11. The Hall–Kier alpha value is -2.18. The minimum atomic E-state index is 0.203. The lowest BCUT2D eigenvalue weighted by molar-refractivity contribution is 0.311. The fourth-order valence-corrected chi connectivity index (χ4v) is 2.84. The Bertz CT molecular complexity index is 840. The van der Waals surface area contributed by atoms with Gasteiger partial charge in [-0.2, -0.15) is 14.6 Å². The molecular formula is C17H21ClN6. The Morgan fingerprint density at radius 2 is 1.92 bits per heavy atom. The highest BCUT2D eigenvalue weighted by Crippen LogP contribution is 2.23. The van der Waals surface area contributed by atoms with Crippen LogP contribution in [-0.4, -0.2) is 45.1 Å².